The van der Waals surface area contributed by atoms with Gasteiger partial charge < -0.3 is 38.3 Å². The molecule has 0 aliphatic heterocycles. The van der Waals surface area contributed by atoms with E-state index in [1.54, 1.807) is 0 Å². The van der Waals surface area contributed by atoms with Gasteiger partial charge in [0.1, 0.15) is 18.1 Å². The van der Waals surface area contributed by atoms with E-state index in [2.05, 4.69) is 28.6 Å². The predicted octanol–water partition coefficient (Wildman–Crippen LogP) is -2.80. The monoisotopic (exact) mass is 448 g/mol. The Morgan fingerprint density at radius 2 is 1.53 bits per heavy atom. The van der Waals surface area contributed by atoms with Gasteiger partial charge in [-0.3, -0.25) is 19.2 Å². The van der Waals surface area contributed by atoms with Crippen LogP contribution in [0.25, 0.3) is 0 Å². The van der Waals surface area contributed by atoms with Crippen LogP contribution in [0.1, 0.15) is 39.0 Å². The number of carbonyl (C=O) groups is 5. The molecule has 0 aromatic heterocycles. The van der Waals surface area contributed by atoms with Crippen molar-refractivity contribution in [2.45, 2.75) is 63.2 Å². The van der Waals surface area contributed by atoms with Crippen LogP contribution in [0.15, 0.2) is 0 Å². The Morgan fingerprint density at radius 1 is 0.933 bits per heavy atom. The van der Waals surface area contributed by atoms with Crippen LogP contribution in [0.4, 0.5) is 0 Å². The van der Waals surface area contributed by atoms with Crippen LogP contribution in [0, 0.1) is 0 Å². The fraction of sp³-hybridized carbons (Fsp3) is 0.706. The lowest BCUT2D eigenvalue weighted by Crippen LogP contribution is -2.56. The highest BCUT2D eigenvalue weighted by molar-refractivity contribution is 7.80. The van der Waals surface area contributed by atoms with E-state index in [4.69, 9.17) is 22.3 Å². The number of thiol groups is 1. The highest BCUT2D eigenvalue weighted by Crippen LogP contribution is 2.03. The molecule has 30 heavy (non-hydrogen) atoms. The summed E-state index contributed by atoms with van der Waals surface area (Å²) in [5.74, 6) is -4.15. The average Bonchev–Trinajstić information content (AvgIpc) is 2.68. The van der Waals surface area contributed by atoms with Crippen LogP contribution < -0.4 is 33.2 Å². The minimum atomic E-state index is -1.27. The normalized spacial score (nSPS) is 14.7. The van der Waals surface area contributed by atoms with Gasteiger partial charge >= 0.3 is 5.97 Å². The lowest BCUT2D eigenvalue weighted by molar-refractivity contribution is -0.141. The molecule has 0 saturated carbocycles. The molecule has 0 aliphatic carbocycles. The number of unbranched alkanes of at least 4 members (excludes halogenated alkanes) is 1. The van der Waals surface area contributed by atoms with E-state index in [0.29, 0.717) is 25.8 Å². The molecular weight excluding hydrogens is 416 g/mol. The van der Waals surface area contributed by atoms with Gasteiger partial charge in [-0.2, -0.15) is 12.6 Å². The van der Waals surface area contributed by atoms with E-state index >= 15 is 0 Å². The van der Waals surface area contributed by atoms with Crippen LogP contribution in [-0.2, 0) is 24.0 Å². The van der Waals surface area contributed by atoms with Gasteiger partial charge in [0.05, 0.1) is 6.04 Å². The predicted molar refractivity (Wildman–Crippen MR) is 112 cm³/mol. The molecule has 13 heteroatoms. The molecule has 0 spiro atoms. The van der Waals surface area contributed by atoms with Gasteiger partial charge in [0.15, 0.2) is 0 Å². The Hall–Kier alpha value is -2.38. The quantitative estimate of drug-likeness (QED) is 0.0963. The Kier molecular flexibility index (Phi) is 13.4. The zero-order chi connectivity index (χ0) is 23.3. The number of primary amides is 1. The van der Waals surface area contributed by atoms with E-state index in [-0.39, 0.29) is 18.6 Å². The van der Waals surface area contributed by atoms with E-state index in [9.17, 15) is 24.0 Å². The highest BCUT2D eigenvalue weighted by atomic mass is 32.1. The van der Waals surface area contributed by atoms with Crippen LogP contribution in [0.2, 0.25) is 0 Å². The minimum absolute atomic E-state index is 0.0921. The Morgan fingerprint density at radius 3 is 2.03 bits per heavy atom. The van der Waals surface area contributed by atoms with Gasteiger partial charge in [-0.1, -0.05) is 6.42 Å². The topological polar surface area (TPSA) is 220 Å². The maximum Gasteiger partial charge on any atom is 0.327 e. The number of nitrogens with one attached hydrogen (secondary N) is 3. The Balaban J connectivity index is 4.99. The number of rotatable bonds is 15. The second-order valence-corrected chi connectivity index (χ2v) is 7.13. The van der Waals surface area contributed by atoms with Crippen molar-refractivity contribution in [1.82, 2.24) is 16.0 Å². The highest BCUT2D eigenvalue weighted by Gasteiger charge is 2.28. The first-order valence-electron chi connectivity index (χ1n) is 9.52. The number of hydrogen-bond donors (Lipinski definition) is 8. The number of hydrogen-bond acceptors (Lipinski definition) is 8. The first-order valence-corrected chi connectivity index (χ1v) is 10.1. The van der Waals surface area contributed by atoms with Crippen molar-refractivity contribution in [3.8, 4) is 0 Å². The third-order valence-corrected chi connectivity index (χ3v) is 4.53. The average molecular weight is 449 g/mol. The summed E-state index contributed by atoms with van der Waals surface area (Å²) < 4.78 is 0. The lowest BCUT2D eigenvalue weighted by Gasteiger charge is -2.23. The lowest BCUT2D eigenvalue weighted by atomic mass is 10.1. The second-order valence-electron chi connectivity index (χ2n) is 6.77. The molecule has 0 rings (SSSR count). The van der Waals surface area contributed by atoms with Gasteiger partial charge in [0.25, 0.3) is 0 Å². The standard InChI is InChI=1S/C17H32N6O6S/c1-9(14(25)23-12(8-30)17(28)29)21-16(27)11(5-6-13(20)24)22-15(26)10(19)4-2-3-7-18/h9-12,30H,2-8,18-19H2,1H3,(H2,20,24)(H,21,27)(H,22,26)(H,23,25)(H,28,29). The first-order chi connectivity index (χ1) is 14.0. The van der Waals surface area contributed by atoms with E-state index in [0.717, 1.165) is 0 Å². The van der Waals surface area contributed by atoms with Crippen LogP contribution >= 0.6 is 12.6 Å². The molecule has 0 radical (unpaired) electrons. The number of amides is 4. The maximum atomic E-state index is 12.5. The van der Waals surface area contributed by atoms with E-state index < -0.39 is 53.8 Å². The van der Waals surface area contributed by atoms with Crippen molar-refractivity contribution in [1.29, 1.82) is 0 Å². The molecule has 0 saturated heterocycles. The second kappa shape index (κ2) is 14.6. The third kappa shape index (κ3) is 11.0. The molecule has 4 atom stereocenters. The summed E-state index contributed by atoms with van der Waals surface area (Å²) in [6.07, 6.45) is 1.43. The molecule has 4 unspecified atom stereocenters. The van der Waals surface area contributed by atoms with Gasteiger partial charge in [0.2, 0.25) is 23.6 Å². The van der Waals surface area contributed by atoms with Crippen LogP contribution in [0.3, 0.4) is 0 Å². The molecule has 0 heterocycles. The summed E-state index contributed by atoms with van der Waals surface area (Å²) in [4.78, 5) is 59.0. The summed E-state index contributed by atoms with van der Waals surface area (Å²) in [5, 5.41) is 16.0. The zero-order valence-corrected chi connectivity index (χ0v) is 17.8. The first kappa shape index (κ1) is 27.6. The minimum Gasteiger partial charge on any atom is -0.480 e. The summed E-state index contributed by atoms with van der Waals surface area (Å²) in [7, 11) is 0. The summed E-state index contributed by atoms with van der Waals surface area (Å²) >= 11 is 3.84. The van der Waals surface area contributed by atoms with Crippen molar-refractivity contribution >= 4 is 42.2 Å². The van der Waals surface area contributed by atoms with Crippen molar-refractivity contribution in [3.05, 3.63) is 0 Å². The van der Waals surface area contributed by atoms with Crippen molar-refractivity contribution in [2.75, 3.05) is 12.3 Å². The van der Waals surface area contributed by atoms with Crippen molar-refractivity contribution < 1.29 is 29.1 Å². The van der Waals surface area contributed by atoms with Crippen LogP contribution in [0.5, 0.6) is 0 Å². The maximum absolute atomic E-state index is 12.5. The van der Waals surface area contributed by atoms with E-state index in [1.807, 2.05) is 0 Å². The number of carboxylic acid groups (broad SMARTS) is 1. The molecular formula is C17H32N6O6S. The molecule has 172 valence electrons. The summed E-state index contributed by atoms with van der Waals surface area (Å²) in [6, 6.07) is -4.35. The zero-order valence-electron chi connectivity index (χ0n) is 16.9. The van der Waals surface area contributed by atoms with Crippen LogP contribution in [-0.4, -0.2) is 71.2 Å². The fourth-order valence-corrected chi connectivity index (χ4v) is 2.58. The third-order valence-electron chi connectivity index (χ3n) is 4.17. The molecule has 4 amide bonds. The fourth-order valence-electron chi connectivity index (χ4n) is 2.34. The van der Waals surface area contributed by atoms with Crippen molar-refractivity contribution in [3.63, 3.8) is 0 Å². The molecule has 12 nitrogen and oxygen atoms in total. The molecule has 0 aliphatic rings. The summed E-state index contributed by atoms with van der Waals surface area (Å²) in [5.41, 5.74) is 16.3. The van der Waals surface area contributed by atoms with E-state index in [1.165, 1.54) is 6.92 Å². The molecule has 0 bridgehead atoms. The number of aliphatic carboxylic acids is 1. The number of carbonyl (C=O) groups excluding carboxylic acids is 4. The molecule has 0 fully saturated rings. The SMILES string of the molecule is CC(NC(=O)C(CCC(N)=O)NC(=O)C(N)CCCCN)C(=O)NC(CS)C(=O)O. The Labute approximate surface area is 180 Å². The largest absolute Gasteiger partial charge is 0.480 e. The summed E-state index contributed by atoms with van der Waals surface area (Å²) in [6.45, 7) is 1.81. The molecule has 10 N–H and O–H groups in total. The molecule has 0 aromatic carbocycles. The molecule has 0 aromatic rings. The number of nitrogens with two attached hydrogens (primary N) is 3. The van der Waals surface area contributed by atoms with Gasteiger partial charge in [-0.25, -0.2) is 4.79 Å². The van der Waals surface area contributed by atoms with Crippen molar-refractivity contribution in [2.24, 2.45) is 17.2 Å². The smallest absolute Gasteiger partial charge is 0.327 e. The van der Waals surface area contributed by atoms with Gasteiger partial charge in [0, 0.05) is 12.2 Å². The van der Waals surface area contributed by atoms with Gasteiger partial charge in [-0.05, 0) is 32.7 Å². The Bertz CT molecular complexity index is 620. The van der Waals surface area contributed by atoms with Gasteiger partial charge in [-0.15, -0.1) is 0 Å². The number of carboxylic acids is 1.